The molecule has 5 nitrogen and oxygen atoms in total. The van der Waals surface area contributed by atoms with E-state index >= 15 is 0 Å². The zero-order chi connectivity index (χ0) is 19.1. The van der Waals surface area contributed by atoms with Crippen LogP contribution in [0, 0.1) is 11.3 Å². The molecule has 0 unspecified atom stereocenters. The quantitative estimate of drug-likeness (QED) is 0.705. The first-order valence-electron chi connectivity index (χ1n) is 8.92. The normalized spacial score (nSPS) is 10.7. The number of benzene rings is 2. The Kier molecular flexibility index (Phi) is 6.14. The molecular formula is C22H22N4O. The third-order valence-corrected chi connectivity index (χ3v) is 4.38. The van der Waals surface area contributed by atoms with Gasteiger partial charge < -0.3 is 5.32 Å². The van der Waals surface area contributed by atoms with Gasteiger partial charge in [0.1, 0.15) is 0 Å². The maximum absolute atomic E-state index is 12.2. The van der Waals surface area contributed by atoms with Crippen molar-refractivity contribution in [2.24, 2.45) is 0 Å². The Morgan fingerprint density at radius 2 is 1.93 bits per heavy atom. The van der Waals surface area contributed by atoms with Crippen LogP contribution in [0.15, 0.2) is 60.8 Å². The van der Waals surface area contributed by atoms with Crippen molar-refractivity contribution >= 4 is 16.8 Å². The molecule has 1 amide bonds. The number of nitriles is 1. The number of rotatable bonds is 7. The van der Waals surface area contributed by atoms with Crippen molar-refractivity contribution in [2.45, 2.75) is 13.0 Å². The molecule has 0 bridgehead atoms. The predicted octanol–water partition coefficient (Wildman–Crippen LogP) is 2.90. The Morgan fingerprint density at radius 1 is 1.15 bits per heavy atom. The molecule has 136 valence electrons. The van der Waals surface area contributed by atoms with Gasteiger partial charge in [-0.05, 0) is 42.8 Å². The summed E-state index contributed by atoms with van der Waals surface area (Å²) < 4.78 is 0. The molecule has 3 aromatic rings. The summed E-state index contributed by atoms with van der Waals surface area (Å²) in [5.41, 5.74) is 3.85. The monoisotopic (exact) mass is 358 g/mol. The summed E-state index contributed by atoms with van der Waals surface area (Å²) >= 11 is 0. The van der Waals surface area contributed by atoms with Crippen LogP contribution in [0.4, 0.5) is 0 Å². The van der Waals surface area contributed by atoms with Crippen molar-refractivity contribution in [3.8, 4) is 6.07 Å². The first-order valence-corrected chi connectivity index (χ1v) is 8.92. The molecule has 2 aromatic carbocycles. The minimum Gasteiger partial charge on any atom is -0.355 e. The van der Waals surface area contributed by atoms with E-state index in [9.17, 15) is 4.79 Å². The third-order valence-electron chi connectivity index (χ3n) is 4.38. The van der Waals surface area contributed by atoms with E-state index in [2.05, 4.69) is 22.4 Å². The summed E-state index contributed by atoms with van der Waals surface area (Å²) in [5, 5.41) is 12.9. The Hall–Kier alpha value is -3.23. The molecule has 0 saturated heterocycles. The SMILES string of the molecule is CN(CC(=O)NCCc1cccc2cccnc12)Cc1ccc(C#N)cc1. The molecule has 1 N–H and O–H groups in total. The Morgan fingerprint density at radius 3 is 2.70 bits per heavy atom. The van der Waals surface area contributed by atoms with Crippen LogP contribution in [0.3, 0.4) is 0 Å². The minimum atomic E-state index is -0.000610. The largest absolute Gasteiger partial charge is 0.355 e. The highest BCUT2D eigenvalue weighted by Gasteiger charge is 2.08. The van der Waals surface area contributed by atoms with Crippen LogP contribution in [-0.4, -0.2) is 35.9 Å². The molecule has 0 spiro atoms. The molecule has 27 heavy (non-hydrogen) atoms. The highest BCUT2D eigenvalue weighted by molar-refractivity contribution is 5.81. The molecule has 5 heteroatoms. The van der Waals surface area contributed by atoms with Crippen molar-refractivity contribution < 1.29 is 4.79 Å². The molecule has 0 fully saturated rings. The van der Waals surface area contributed by atoms with Gasteiger partial charge in [0, 0.05) is 24.7 Å². The van der Waals surface area contributed by atoms with Gasteiger partial charge in [-0.25, -0.2) is 0 Å². The van der Waals surface area contributed by atoms with E-state index < -0.39 is 0 Å². The van der Waals surface area contributed by atoms with Gasteiger partial charge in [-0.3, -0.25) is 14.7 Å². The smallest absolute Gasteiger partial charge is 0.234 e. The van der Waals surface area contributed by atoms with Gasteiger partial charge in [-0.1, -0.05) is 36.4 Å². The first kappa shape index (κ1) is 18.6. The second-order valence-corrected chi connectivity index (χ2v) is 6.57. The lowest BCUT2D eigenvalue weighted by atomic mass is 10.1. The summed E-state index contributed by atoms with van der Waals surface area (Å²) in [7, 11) is 1.91. The zero-order valence-corrected chi connectivity index (χ0v) is 15.4. The van der Waals surface area contributed by atoms with Gasteiger partial charge in [-0.2, -0.15) is 5.26 Å². The average Bonchev–Trinajstić information content (AvgIpc) is 2.68. The van der Waals surface area contributed by atoms with Crippen LogP contribution in [0.5, 0.6) is 0 Å². The average molecular weight is 358 g/mol. The van der Waals surface area contributed by atoms with E-state index in [1.54, 1.807) is 18.3 Å². The van der Waals surface area contributed by atoms with Crippen LogP contribution in [0.2, 0.25) is 0 Å². The lowest BCUT2D eigenvalue weighted by molar-refractivity contribution is -0.122. The molecule has 0 aliphatic rings. The number of amides is 1. The number of nitrogens with zero attached hydrogens (tertiary/aromatic N) is 3. The summed E-state index contributed by atoms with van der Waals surface area (Å²) in [4.78, 5) is 18.6. The second kappa shape index (κ2) is 8.93. The molecule has 0 atom stereocenters. The first-order chi connectivity index (χ1) is 13.2. The van der Waals surface area contributed by atoms with Gasteiger partial charge in [0.05, 0.1) is 23.7 Å². The molecule has 3 rings (SSSR count). The summed E-state index contributed by atoms with van der Waals surface area (Å²) in [6, 6.07) is 19.6. The number of hydrogen-bond acceptors (Lipinski definition) is 4. The van der Waals surface area contributed by atoms with Crippen molar-refractivity contribution in [1.82, 2.24) is 15.2 Å². The number of aromatic nitrogens is 1. The highest BCUT2D eigenvalue weighted by atomic mass is 16.2. The summed E-state index contributed by atoms with van der Waals surface area (Å²) in [5.74, 6) is -0.000610. The van der Waals surface area contributed by atoms with E-state index in [0.29, 0.717) is 25.2 Å². The minimum absolute atomic E-state index is 0.000610. The number of nitrogens with one attached hydrogen (secondary N) is 1. The number of carbonyl (C=O) groups excluding carboxylic acids is 1. The molecule has 0 aliphatic carbocycles. The molecule has 0 saturated carbocycles. The fraction of sp³-hybridized carbons (Fsp3) is 0.227. The summed E-state index contributed by atoms with van der Waals surface area (Å²) in [6.07, 6.45) is 2.54. The fourth-order valence-electron chi connectivity index (χ4n) is 3.06. The number of carbonyl (C=O) groups is 1. The highest BCUT2D eigenvalue weighted by Crippen LogP contribution is 2.16. The van der Waals surface area contributed by atoms with Gasteiger partial charge in [0.25, 0.3) is 0 Å². The van der Waals surface area contributed by atoms with Crippen molar-refractivity contribution in [3.05, 3.63) is 77.5 Å². The lowest BCUT2D eigenvalue weighted by Crippen LogP contribution is -2.35. The fourth-order valence-corrected chi connectivity index (χ4v) is 3.06. The number of pyridine rings is 1. The van der Waals surface area contributed by atoms with Crippen molar-refractivity contribution in [3.63, 3.8) is 0 Å². The maximum atomic E-state index is 12.2. The van der Waals surface area contributed by atoms with Crippen LogP contribution < -0.4 is 5.32 Å². The number of fused-ring (bicyclic) bond motifs is 1. The molecule has 0 aliphatic heterocycles. The standard InChI is InChI=1S/C22H22N4O/c1-26(15-18-9-7-17(14-23)8-10-18)16-21(27)24-13-11-20-5-2-4-19-6-3-12-25-22(19)20/h2-10,12H,11,13,15-16H2,1H3,(H,24,27). The number of para-hydroxylation sites is 1. The number of hydrogen-bond donors (Lipinski definition) is 1. The molecular weight excluding hydrogens is 336 g/mol. The van der Waals surface area contributed by atoms with Crippen LogP contribution in [0.1, 0.15) is 16.7 Å². The van der Waals surface area contributed by atoms with Crippen LogP contribution in [0.25, 0.3) is 10.9 Å². The summed E-state index contributed by atoms with van der Waals surface area (Å²) in [6.45, 7) is 1.57. The molecule has 0 radical (unpaired) electrons. The van der Waals surface area contributed by atoms with Crippen molar-refractivity contribution in [2.75, 3.05) is 20.1 Å². The van der Waals surface area contributed by atoms with E-state index in [4.69, 9.17) is 5.26 Å². The predicted molar refractivity (Wildman–Crippen MR) is 106 cm³/mol. The van der Waals surface area contributed by atoms with Gasteiger partial charge in [-0.15, -0.1) is 0 Å². The zero-order valence-electron chi connectivity index (χ0n) is 15.4. The van der Waals surface area contributed by atoms with Gasteiger partial charge >= 0.3 is 0 Å². The second-order valence-electron chi connectivity index (χ2n) is 6.57. The Balaban J connectivity index is 1.47. The van der Waals surface area contributed by atoms with Crippen molar-refractivity contribution in [1.29, 1.82) is 5.26 Å². The lowest BCUT2D eigenvalue weighted by Gasteiger charge is -2.16. The topological polar surface area (TPSA) is 69.0 Å². The molecule has 1 aromatic heterocycles. The van der Waals surface area contributed by atoms with E-state index in [-0.39, 0.29) is 5.91 Å². The van der Waals surface area contributed by atoms with Gasteiger partial charge in [0.15, 0.2) is 0 Å². The van der Waals surface area contributed by atoms with Gasteiger partial charge in [0.2, 0.25) is 5.91 Å². The van der Waals surface area contributed by atoms with E-state index in [0.717, 1.165) is 28.5 Å². The Labute approximate surface area is 159 Å². The number of likely N-dealkylation sites (N-methyl/N-ethyl adjacent to an activating group) is 1. The Bertz CT molecular complexity index is 955. The van der Waals surface area contributed by atoms with E-state index in [1.165, 1.54) is 0 Å². The third kappa shape index (κ3) is 5.13. The van der Waals surface area contributed by atoms with Crippen LogP contribution in [-0.2, 0) is 17.8 Å². The molecule has 1 heterocycles. The van der Waals surface area contributed by atoms with Crippen LogP contribution >= 0.6 is 0 Å². The van der Waals surface area contributed by atoms with E-state index in [1.807, 2.05) is 48.3 Å². The maximum Gasteiger partial charge on any atom is 0.234 e.